The van der Waals surface area contributed by atoms with Gasteiger partial charge in [0.25, 0.3) is 5.91 Å². The molecule has 0 saturated heterocycles. The predicted octanol–water partition coefficient (Wildman–Crippen LogP) is 1.60. The SMILES string of the molecule is NC1(N)C=CC(NC(=O)c2ccccc2)=C(Br)C1. The van der Waals surface area contributed by atoms with Crippen LogP contribution < -0.4 is 16.8 Å². The fourth-order valence-corrected chi connectivity index (χ4v) is 2.36. The second-order valence-corrected chi connectivity index (χ2v) is 5.22. The van der Waals surface area contributed by atoms with E-state index in [-0.39, 0.29) is 5.91 Å². The van der Waals surface area contributed by atoms with Crippen molar-refractivity contribution < 1.29 is 4.79 Å². The Labute approximate surface area is 114 Å². The maximum absolute atomic E-state index is 12.0. The van der Waals surface area contributed by atoms with Gasteiger partial charge in [0.2, 0.25) is 0 Å². The molecule has 0 unspecified atom stereocenters. The van der Waals surface area contributed by atoms with E-state index in [1.54, 1.807) is 24.3 Å². The van der Waals surface area contributed by atoms with Crippen molar-refractivity contribution >= 4 is 21.8 Å². The third-order valence-electron chi connectivity index (χ3n) is 2.60. The molecule has 1 aliphatic rings. The molecule has 18 heavy (non-hydrogen) atoms. The molecule has 0 fully saturated rings. The van der Waals surface area contributed by atoms with Crippen LogP contribution in [0.2, 0.25) is 0 Å². The molecule has 5 N–H and O–H groups in total. The van der Waals surface area contributed by atoms with Crippen molar-refractivity contribution in [3.05, 3.63) is 58.2 Å². The fraction of sp³-hybridized carbons (Fsp3) is 0.154. The standard InChI is InChI=1S/C13H14BrN3O/c14-10-8-13(15,16)7-6-11(10)17-12(18)9-4-2-1-3-5-9/h1-7H,8,15-16H2,(H,17,18). The summed E-state index contributed by atoms with van der Waals surface area (Å²) < 4.78 is 0.791. The van der Waals surface area contributed by atoms with Crippen LogP contribution in [0.15, 0.2) is 52.7 Å². The number of carbonyl (C=O) groups is 1. The first-order valence-corrected chi connectivity index (χ1v) is 6.29. The summed E-state index contributed by atoms with van der Waals surface area (Å²) in [5, 5.41) is 2.82. The first-order valence-electron chi connectivity index (χ1n) is 5.50. The van der Waals surface area contributed by atoms with Crippen LogP contribution in [0, 0.1) is 0 Å². The molecule has 4 nitrogen and oxygen atoms in total. The molecule has 1 aromatic rings. The van der Waals surface area contributed by atoms with Crippen LogP contribution in [0.25, 0.3) is 0 Å². The molecule has 0 aromatic heterocycles. The Morgan fingerprint density at radius 1 is 1.28 bits per heavy atom. The molecule has 1 aliphatic carbocycles. The largest absolute Gasteiger partial charge is 0.321 e. The van der Waals surface area contributed by atoms with Crippen molar-refractivity contribution in [2.75, 3.05) is 0 Å². The molecule has 0 radical (unpaired) electrons. The van der Waals surface area contributed by atoms with E-state index in [1.165, 1.54) is 0 Å². The summed E-state index contributed by atoms with van der Waals surface area (Å²) in [6.45, 7) is 0. The summed E-state index contributed by atoms with van der Waals surface area (Å²) >= 11 is 3.39. The maximum atomic E-state index is 12.0. The van der Waals surface area contributed by atoms with Gasteiger partial charge in [0.1, 0.15) is 0 Å². The predicted molar refractivity (Wildman–Crippen MR) is 74.7 cm³/mol. The topological polar surface area (TPSA) is 81.1 Å². The van der Waals surface area contributed by atoms with Crippen molar-refractivity contribution in [1.29, 1.82) is 0 Å². The highest BCUT2D eigenvalue weighted by Crippen LogP contribution is 2.25. The van der Waals surface area contributed by atoms with E-state index in [4.69, 9.17) is 11.5 Å². The lowest BCUT2D eigenvalue weighted by atomic mass is 10.0. The van der Waals surface area contributed by atoms with Gasteiger partial charge in [-0.2, -0.15) is 0 Å². The molecule has 1 amide bonds. The first kappa shape index (κ1) is 13.0. The molecular formula is C13H14BrN3O. The lowest BCUT2D eigenvalue weighted by Gasteiger charge is -2.25. The molecule has 1 aromatic carbocycles. The number of nitrogens with one attached hydrogen (secondary N) is 1. The van der Waals surface area contributed by atoms with Gasteiger partial charge in [-0.05, 0) is 24.3 Å². The number of rotatable bonds is 2. The second-order valence-electron chi connectivity index (χ2n) is 4.26. The lowest BCUT2D eigenvalue weighted by molar-refractivity contribution is 0.0966. The Bertz CT molecular complexity index is 520. The number of amides is 1. The Morgan fingerprint density at radius 3 is 2.56 bits per heavy atom. The second kappa shape index (κ2) is 5.06. The summed E-state index contributed by atoms with van der Waals surface area (Å²) in [5.74, 6) is -0.159. The summed E-state index contributed by atoms with van der Waals surface area (Å²) in [5.41, 5.74) is 12.0. The average molecular weight is 308 g/mol. The number of hydrogen-bond donors (Lipinski definition) is 3. The van der Waals surface area contributed by atoms with Crippen molar-refractivity contribution in [2.24, 2.45) is 11.5 Å². The van der Waals surface area contributed by atoms with Gasteiger partial charge in [-0.15, -0.1) is 0 Å². The van der Waals surface area contributed by atoms with Crippen LogP contribution in [-0.2, 0) is 0 Å². The Morgan fingerprint density at radius 2 is 1.94 bits per heavy atom. The molecule has 0 bridgehead atoms. The summed E-state index contributed by atoms with van der Waals surface area (Å²) in [4.78, 5) is 12.0. The van der Waals surface area contributed by atoms with E-state index >= 15 is 0 Å². The zero-order chi connectivity index (χ0) is 13.2. The van der Waals surface area contributed by atoms with Gasteiger partial charge in [-0.3, -0.25) is 4.79 Å². The van der Waals surface area contributed by atoms with Gasteiger partial charge in [0.05, 0.1) is 11.4 Å². The highest BCUT2D eigenvalue weighted by Gasteiger charge is 2.23. The van der Waals surface area contributed by atoms with Crippen LogP contribution in [0.3, 0.4) is 0 Å². The van der Waals surface area contributed by atoms with Crippen LogP contribution in [-0.4, -0.2) is 11.6 Å². The van der Waals surface area contributed by atoms with Gasteiger partial charge in [0, 0.05) is 16.5 Å². The molecule has 2 rings (SSSR count). The Hall–Kier alpha value is -1.43. The number of carbonyl (C=O) groups excluding carboxylic acids is 1. The van der Waals surface area contributed by atoms with E-state index in [2.05, 4.69) is 21.2 Å². The van der Waals surface area contributed by atoms with Gasteiger partial charge in [0.15, 0.2) is 0 Å². The van der Waals surface area contributed by atoms with E-state index in [0.29, 0.717) is 17.7 Å². The number of hydrogen-bond acceptors (Lipinski definition) is 3. The first-order chi connectivity index (χ1) is 8.48. The molecular weight excluding hydrogens is 294 g/mol. The highest BCUT2D eigenvalue weighted by molar-refractivity contribution is 9.11. The maximum Gasteiger partial charge on any atom is 0.255 e. The Kier molecular flexibility index (Phi) is 3.65. The van der Waals surface area contributed by atoms with Crippen molar-refractivity contribution in [3.63, 3.8) is 0 Å². The summed E-state index contributed by atoms with van der Waals surface area (Å²) in [6.07, 6.45) is 3.85. The Balaban J connectivity index is 2.12. The minimum atomic E-state index is -0.861. The van der Waals surface area contributed by atoms with Crippen LogP contribution >= 0.6 is 15.9 Å². The number of benzene rings is 1. The van der Waals surface area contributed by atoms with Crippen molar-refractivity contribution in [3.8, 4) is 0 Å². The van der Waals surface area contributed by atoms with Gasteiger partial charge >= 0.3 is 0 Å². The van der Waals surface area contributed by atoms with Gasteiger partial charge < -0.3 is 16.8 Å². The minimum Gasteiger partial charge on any atom is -0.321 e. The molecule has 0 saturated carbocycles. The molecule has 0 atom stereocenters. The van der Waals surface area contributed by atoms with E-state index in [0.717, 1.165) is 4.48 Å². The fourth-order valence-electron chi connectivity index (χ4n) is 1.65. The van der Waals surface area contributed by atoms with Crippen LogP contribution in [0.1, 0.15) is 16.8 Å². The van der Waals surface area contributed by atoms with Crippen molar-refractivity contribution in [1.82, 2.24) is 5.32 Å². The minimum absolute atomic E-state index is 0.159. The third-order valence-corrected chi connectivity index (χ3v) is 3.31. The normalized spacial score (nSPS) is 17.7. The summed E-state index contributed by atoms with van der Waals surface area (Å²) in [6, 6.07) is 9.02. The molecule has 0 heterocycles. The number of halogens is 1. The van der Waals surface area contributed by atoms with Crippen LogP contribution in [0.4, 0.5) is 0 Å². The highest BCUT2D eigenvalue weighted by atomic mass is 79.9. The lowest BCUT2D eigenvalue weighted by Crippen LogP contribution is -2.48. The van der Waals surface area contributed by atoms with E-state index in [1.807, 2.05) is 18.2 Å². The monoisotopic (exact) mass is 307 g/mol. The summed E-state index contributed by atoms with van der Waals surface area (Å²) in [7, 11) is 0. The van der Waals surface area contributed by atoms with E-state index in [9.17, 15) is 4.79 Å². The average Bonchev–Trinajstić information content (AvgIpc) is 2.33. The molecule has 0 aliphatic heterocycles. The van der Waals surface area contributed by atoms with Crippen LogP contribution in [0.5, 0.6) is 0 Å². The molecule has 0 spiro atoms. The van der Waals surface area contributed by atoms with Gasteiger partial charge in [-0.1, -0.05) is 34.1 Å². The number of nitrogens with two attached hydrogens (primary N) is 2. The molecule has 94 valence electrons. The van der Waals surface area contributed by atoms with Gasteiger partial charge in [-0.25, -0.2) is 0 Å². The van der Waals surface area contributed by atoms with Crippen molar-refractivity contribution in [2.45, 2.75) is 12.1 Å². The zero-order valence-corrected chi connectivity index (χ0v) is 11.3. The smallest absolute Gasteiger partial charge is 0.255 e. The number of allylic oxidation sites excluding steroid dienone is 1. The third kappa shape index (κ3) is 3.07. The molecule has 5 heteroatoms. The van der Waals surface area contributed by atoms with E-state index < -0.39 is 5.66 Å². The zero-order valence-electron chi connectivity index (χ0n) is 9.69. The quantitative estimate of drug-likeness (QED) is 0.726.